The van der Waals surface area contributed by atoms with Gasteiger partial charge in [0.2, 0.25) is 0 Å². The minimum absolute atomic E-state index is 0. The van der Waals surface area contributed by atoms with Crippen LogP contribution in [0.25, 0.3) is 28.2 Å². The van der Waals surface area contributed by atoms with Crippen molar-refractivity contribution < 1.29 is 21.1 Å². The normalized spacial score (nSPS) is 11.2. The number of rotatable bonds is 9. The molecule has 39 heavy (non-hydrogen) atoms. The van der Waals surface area contributed by atoms with Crippen molar-refractivity contribution in [2.75, 3.05) is 7.05 Å². The number of benzene rings is 2. The zero-order chi connectivity index (χ0) is 29.3. The summed E-state index contributed by atoms with van der Waals surface area (Å²) in [5, 5.41) is 0. The molecule has 0 aromatic heterocycles. The van der Waals surface area contributed by atoms with E-state index in [1.165, 1.54) is 67.0 Å². The van der Waals surface area contributed by atoms with Gasteiger partial charge in [0.05, 0.1) is 0 Å². The fourth-order valence-electron chi connectivity index (χ4n) is 3.39. The zero-order valence-corrected chi connectivity index (χ0v) is 29.1. The Morgan fingerprint density at radius 2 is 1.21 bits per heavy atom. The molecule has 0 heterocycles. The third-order valence-corrected chi connectivity index (χ3v) is 5.79. The van der Waals surface area contributed by atoms with E-state index in [9.17, 15) is 0 Å². The predicted octanol–water partition coefficient (Wildman–Crippen LogP) is 13.1. The topological polar surface area (TPSA) is 47.6 Å². The maximum atomic E-state index is 7.38. The Morgan fingerprint density at radius 1 is 0.744 bits per heavy atom. The Kier molecular flexibility index (Phi) is 28.6. The van der Waals surface area contributed by atoms with Gasteiger partial charge in [0, 0.05) is 0 Å². The Balaban J connectivity index is -0.000000527. The molecular weight excluding hydrogens is 644 g/mol. The van der Waals surface area contributed by atoms with E-state index in [1.54, 1.807) is 6.07 Å². The van der Waals surface area contributed by atoms with Gasteiger partial charge >= 0.3 is 21.1 Å². The van der Waals surface area contributed by atoms with Gasteiger partial charge in [-0.3, -0.25) is 0 Å². The molecule has 2 nitrogen and oxygen atoms in total. The van der Waals surface area contributed by atoms with Gasteiger partial charge in [-0.05, 0) is 81.0 Å². The summed E-state index contributed by atoms with van der Waals surface area (Å²) in [5.74, 6) is 0. The van der Waals surface area contributed by atoms with E-state index >= 15 is 0 Å². The fraction of sp³-hybridized carbons (Fsp3) is 0.389. The minimum Gasteiger partial charge on any atom is -0.699 e. The van der Waals surface area contributed by atoms with Crippen LogP contribution in [0.15, 0.2) is 91.1 Å². The third kappa shape index (κ3) is 20.2. The summed E-state index contributed by atoms with van der Waals surface area (Å²) < 4.78 is 0. The molecule has 0 amide bonds. The molecule has 0 atom stereocenters. The molecule has 0 unspecified atom stereocenters. The summed E-state index contributed by atoms with van der Waals surface area (Å²) in [5.41, 5.74) is 22.1. The first kappa shape index (κ1) is 41.1. The van der Waals surface area contributed by atoms with E-state index in [0.29, 0.717) is 5.69 Å². The molecular formula is C36H54N2W. The summed E-state index contributed by atoms with van der Waals surface area (Å²) in [7, 11) is 1.25. The van der Waals surface area contributed by atoms with Crippen LogP contribution in [0.2, 0.25) is 0 Å². The molecule has 0 saturated heterocycles. The molecule has 0 aliphatic heterocycles. The van der Waals surface area contributed by atoms with Gasteiger partial charge in [0.25, 0.3) is 0 Å². The summed E-state index contributed by atoms with van der Waals surface area (Å²) in [6, 6.07) is 16.2. The van der Waals surface area contributed by atoms with Gasteiger partial charge in [-0.25, -0.2) is 0 Å². The first-order chi connectivity index (χ1) is 18.2. The largest absolute Gasteiger partial charge is 2.00 e. The van der Waals surface area contributed by atoms with Gasteiger partial charge in [0.1, 0.15) is 0 Å². The molecule has 2 rings (SSSR count). The first-order valence-corrected chi connectivity index (χ1v) is 13.9. The van der Waals surface area contributed by atoms with Crippen LogP contribution in [-0.4, -0.2) is 7.05 Å². The zero-order valence-electron chi connectivity index (χ0n) is 26.2. The summed E-state index contributed by atoms with van der Waals surface area (Å²) in [6.45, 7) is 20.8. The van der Waals surface area contributed by atoms with E-state index in [2.05, 4.69) is 95.8 Å². The Bertz CT molecular complexity index is 1020. The van der Waals surface area contributed by atoms with Crippen molar-refractivity contribution in [1.29, 1.82) is 0 Å². The van der Waals surface area contributed by atoms with Crippen molar-refractivity contribution in [2.45, 2.75) is 87.5 Å². The molecule has 2 aromatic rings. The SMILES string of the molecule is C/C=C(\C)c1cccc([NH-])c1.C=C(C)/C=C(\C=C/C)c1cccc(/C(C)=C\C)c1.CCCCCCC.C[NH-].[W+2]. The molecule has 0 aliphatic carbocycles. The van der Waals surface area contributed by atoms with Crippen LogP contribution in [0.4, 0.5) is 5.69 Å². The molecule has 0 radical (unpaired) electrons. The maximum Gasteiger partial charge on any atom is 2.00 e. The molecule has 214 valence electrons. The Labute approximate surface area is 256 Å². The molecule has 2 aromatic carbocycles. The fourth-order valence-corrected chi connectivity index (χ4v) is 3.39. The van der Waals surface area contributed by atoms with E-state index in [4.69, 9.17) is 11.5 Å². The van der Waals surface area contributed by atoms with Crippen molar-refractivity contribution in [3.63, 3.8) is 0 Å². The van der Waals surface area contributed by atoms with Crippen molar-refractivity contribution in [2.24, 2.45) is 0 Å². The number of hydrogen-bond donors (Lipinski definition) is 0. The maximum absolute atomic E-state index is 7.38. The molecule has 0 fully saturated rings. The second-order valence-electron chi connectivity index (χ2n) is 9.11. The van der Waals surface area contributed by atoms with E-state index < -0.39 is 0 Å². The molecule has 0 spiro atoms. The Hall–Kier alpha value is -2.41. The first-order valence-electron chi connectivity index (χ1n) is 13.9. The molecule has 3 heteroatoms. The second-order valence-corrected chi connectivity index (χ2v) is 9.11. The van der Waals surface area contributed by atoms with Gasteiger partial charge in [-0.2, -0.15) is 7.05 Å². The van der Waals surface area contributed by atoms with Crippen molar-refractivity contribution in [3.8, 4) is 0 Å². The van der Waals surface area contributed by atoms with Crippen LogP contribution in [0.5, 0.6) is 0 Å². The van der Waals surface area contributed by atoms with Crippen LogP contribution in [0.3, 0.4) is 0 Å². The van der Waals surface area contributed by atoms with Gasteiger partial charge in [-0.15, -0.1) is 5.69 Å². The van der Waals surface area contributed by atoms with Gasteiger partial charge in [-0.1, -0.05) is 131 Å². The second kappa shape index (κ2) is 27.2. The van der Waals surface area contributed by atoms with Crippen LogP contribution in [0, 0.1) is 0 Å². The summed E-state index contributed by atoms with van der Waals surface area (Å²) in [4.78, 5) is 0. The van der Waals surface area contributed by atoms with Gasteiger partial charge < -0.3 is 11.5 Å². The van der Waals surface area contributed by atoms with E-state index in [1.807, 2.05) is 39.0 Å². The minimum atomic E-state index is 0. The van der Waals surface area contributed by atoms with Crippen LogP contribution in [0.1, 0.15) is 104 Å². The Morgan fingerprint density at radius 3 is 1.62 bits per heavy atom. The van der Waals surface area contributed by atoms with Crippen molar-refractivity contribution in [1.82, 2.24) is 0 Å². The smallest absolute Gasteiger partial charge is 0.699 e. The quantitative estimate of drug-likeness (QED) is 0.185. The van der Waals surface area contributed by atoms with Crippen LogP contribution in [-0.2, 0) is 21.1 Å². The predicted molar refractivity (Wildman–Crippen MR) is 178 cm³/mol. The number of nitrogens with one attached hydrogen (secondary N) is 2. The average molecular weight is 699 g/mol. The number of hydrogen-bond acceptors (Lipinski definition) is 0. The van der Waals surface area contributed by atoms with E-state index in [-0.39, 0.29) is 21.1 Å². The third-order valence-electron chi connectivity index (χ3n) is 5.79. The molecule has 0 aliphatic rings. The van der Waals surface area contributed by atoms with Crippen molar-refractivity contribution in [3.05, 3.63) is 119 Å². The van der Waals surface area contributed by atoms with Crippen molar-refractivity contribution >= 4 is 22.4 Å². The molecule has 2 N–H and O–H groups in total. The monoisotopic (exact) mass is 698 g/mol. The summed E-state index contributed by atoms with van der Waals surface area (Å²) in [6.07, 6.45) is 17.5. The number of allylic oxidation sites excluding steroid dienone is 9. The molecule has 0 saturated carbocycles. The molecule has 0 bridgehead atoms. The standard InChI is InChI=1S/C18H22.C10H12N.C7H16.CH4N.W/c1-6-9-17(12-14(3)4)18-11-8-10-16(13-18)15(5)7-2;1-3-8(2)9-5-4-6-10(11)7-9;1-3-5-7-6-4-2;1-2;/h6-13H,3H2,1-2,4-5H3;3-7,11H,1-2H3;3-7H2,1-2H3;2H,1H3;/q;-1;;-1;+2/b9-6-,15-7-,17-12+;8-3+;;;. The number of unbranched alkanes of at least 4 members (excludes halogenated alkanes) is 4. The van der Waals surface area contributed by atoms with E-state index in [0.717, 1.165) is 11.1 Å². The van der Waals surface area contributed by atoms with Crippen LogP contribution < -0.4 is 0 Å². The summed E-state index contributed by atoms with van der Waals surface area (Å²) >= 11 is 0. The van der Waals surface area contributed by atoms with Gasteiger partial charge in [0.15, 0.2) is 0 Å². The van der Waals surface area contributed by atoms with Crippen LogP contribution >= 0.6 is 0 Å². The average Bonchev–Trinajstić information content (AvgIpc) is 2.94.